The number of nitro benzene ring substituents is 1. The molecule has 0 saturated heterocycles. The SMILES string of the molecule is CCCC1(CNS(=O)(=O)c2ccc(Cl)c([N+](=O)[O-])c2)CC1. The van der Waals surface area contributed by atoms with Crippen molar-refractivity contribution in [3.8, 4) is 0 Å². The molecule has 1 fully saturated rings. The van der Waals surface area contributed by atoms with Gasteiger partial charge in [0.25, 0.3) is 5.69 Å². The number of hydrogen-bond acceptors (Lipinski definition) is 4. The summed E-state index contributed by atoms with van der Waals surface area (Å²) >= 11 is 5.69. The maximum atomic E-state index is 12.2. The van der Waals surface area contributed by atoms with Crippen LogP contribution in [-0.4, -0.2) is 19.9 Å². The van der Waals surface area contributed by atoms with E-state index < -0.39 is 20.6 Å². The summed E-state index contributed by atoms with van der Waals surface area (Å²) in [6, 6.07) is 3.49. The van der Waals surface area contributed by atoms with Gasteiger partial charge in [0.2, 0.25) is 10.0 Å². The lowest BCUT2D eigenvalue weighted by Crippen LogP contribution is -2.30. The van der Waals surface area contributed by atoms with E-state index in [1.165, 1.54) is 12.1 Å². The summed E-state index contributed by atoms with van der Waals surface area (Å²) in [4.78, 5) is 9.99. The van der Waals surface area contributed by atoms with Gasteiger partial charge in [-0.25, -0.2) is 13.1 Å². The van der Waals surface area contributed by atoms with Gasteiger partial charge in [-0.05, 0) is 36.8 Å². The molecule has 1 N–H and O–H groups in total. The van der Waals surface area contributed by atoms with Gasteiger partial charge < -0.3 is 0 Å². The van der Waals surface area contributed by atoms with Crippen LogP contribution < -0.4 is 4.72 Å². The molecule has 0 atom stereocenters. The molecule has 1 aromatic carbocycles. The van der Waals surface area contributed by atoms with E-state index >= 15 is 0 Å². The molecule has 2 rings (SSSR count). The molecule has 6 nitrogen and oxygen atoms in total. The summed E-state index contributed by atoms with van der Waals surface area (Å²) in [5.41, 5.74) is -0.338. The molecule has 0 bridgehead atoms. The van der Waals surface area contributed by atoms with E-state index in [-0.39, 0.29) is 15.3 Å². The van der Waals surface area contributed by atoms with Crippen molar-refractivity contribution in [2.24, 2.45) is 5.41 Å². The van der Waals surface area contributed by atoms with E-state index in [0.717, 1.165) is 31.7 Å². The molecule has 8 heteroatoms. The Balaban J connectivity index is 2.16. The molecule has 1 aromatic rings. The molecule has 0 amide bonds. The van der Waals surface area contributed by atoms with E-state index in [4.69, 9.17) is 11.6 Å². The highest BCUT2D eigenvalue weighted by Crippen LogP contribution is 2.49. The third-order valence-electron chi connectivity index (χ3n) is 3.80. The second-order valence-corrected chi connectivity index (χ2v) is 7.62. The molecule has 0 aliphatic heterocycles. The quantitative estimate of drug-likeness (QED) is 0.613. The van der Waals surface area contributed by atoms with Gasteiger partial charge >= 0.3 is 0 Å². The molecule has 116 valence electrons. The minimum atomic E-state index is -3.76. The highest BCUT2D eigenvalue weighted by molar-refractivity contribution is 7.89. The van der Waals surface area contributed by atoms with Crippen LogP contribution in [0.1, 0.15) is 32.6 Å². The van der Waals surface area contributed by atoms with Gasteiger partial charge in [-0.3, -0.25) is 10.1 Å². The molecule has 0 aromatic heterocycles. The minimum Gasteiger partial charge on any atom is -0.258 e. The van der Waals surface area contributed by atoms with E-state index in [1.54, 1.807) is 0 Å². The van der Waals surface area contributed by atoms with Gasteiger partial charge in [0.15, 0.2) is 0 Å². The third-order valence-corrected chi connectivity index (χ3v) is 5.52. The van der Waals surface area contributed by atoms with Crippen molar-refractivity contribution in [3.05, 3.63) is 33.3 Å². The topological polar surface area (TPSA) is 89.3 Å². The summed E-state index contributed by atoms with van der Waals surface area (Å²) in [6.45, 7) is 2.44. The van der Waals surface area contributed by atoms with Gasteiger partial charge in [-0.2, -0.15) is 0 Å². The van der Waals surface area contributed by atoms with Crippen molar-refractivity contribution in [2.75, 3.05) is 6.54 Å². The zero-order valence-corrected chi connectivity index (χ0v) is 13.2. The Bertz CT molecular complexity index is 656. The largest absolute Gasteiger partial charge is 0.289 e. The highest BCUT2D eigenvalue weighted by atomic mass is 35.5. The normalized spacial score (nSPS) is 16.7. The number of benzene rings is 1. The summed E-state index contributed by atoms with van der Waals surface area (Å²) in [6.07, 6.45) is 4.03. The molecule has 1 aliphatic rings. The zero-order chi connectivity index (χ0) is 15.7. The maximum Gasteiger partial charge on any atom is 0.289 e. The number of sulfonamides is 1. The number of rotatable bonds is 7. The number of nitrogens with one attached hydrogen (secondary N) is 1. The lowest BCUT2D eigenvalue weighted by molar-refractivity contribution is -0.384. The average molecular weight is 333 g/mol. The van der Waals surface area contributed by atoms with Crippen LogP contribution in [0.5, 0.6) is 0 Å². The first-order chi connectivity index (χ1) is 9.80. The second kappa shape index (κ2) is 5.90. The first-order valence-electron chi connectivity index (χ1n) is 6.73. The van der Waals surface area contributed by atoms with Crippen LogP contribution in [0.4, 0.5) is 5.69 Å². The van der Waals surface area contributed by atoms with Crippen LogP contribution in [0.15, 0.2) is 23.1 Å². The molecule has 1 aliphatic carbocycles. The average Bonchev–Trinajstić information content (AvgIpc) is 3.17. The summed E-state index contributed by atoms with van der Waals surface area (Å²) in [5.74, 6) is 0. The van der Waals surface area contributed by atoms with E-state index in [1.807, 2.05) is 0 Å². The Kier molecular flexibility index (Phi) is 4.55. The number of nitro groups is 1. The molecule has 0 unspecified atom stereocenters. The number of hydrogen-bond donors (Lipinski definition) is 1. The van der Waals surface area contributed by atoms with Crippen LogP contribution >= 0.6 is 11.6 Å². The van der Waals surface area contributed by atoms with Crippen LogP contribution in [-0.2, 0) is 10.0 Å². The Morgan fingerprint density at radius 1 is 1.43 bits per heavy atom. The third kappa shape index (κ3) is 3.72. The van der Waals surface area contributed by atoms with E-state index in [9.17, 15) is 18.5 Å². The minimum absolute atomic E-state index is 0.0696. The number of nitrogens with zero attached hydrogens (tertiary/aromatic N) is 1. The first kappa shape index (κ1) is 16.2. The monoisotopic (exact) mass is 332 g/mol. The maximum absolute atomic E-state index is 12.2. The Morgan fingerprint density at radius 2 is 2.10 bits per heavy atom. The van der Waals surface area contributed by atoms with E-state index in [0.29, 0.717) is 6.54 Å². The number of halogens is 1. The predicted octanol–water partition coefficient (Wildman–Crippen LogP) is 3.11. The Labute approximate surface area is 128 Å². The fraction of sp³-hybridized carbons (Fsp3) is 0.538. The smallest absolute Gasteiger partial charge is 0.258 e. The Hall–Kier alpha value is -1.18. The van der Waals surface area contributed by atoms with Crippen molar-refractivity contribution in [1.82, 2.24) is 4.72 Å². The standard InChI is InChI=1S/C13H17ClN2O4S/c1-2-5-13(6-7-13)9-15-21(19,20)10-3-4-11(14)12(8-10)16(17)18/h3-4,8,15H,2,5-7,9H2,1H3. The molecular weight excluding hydrogens is 316 g/mol. The van der Waals surface area contributed by atoms with Gasteiger partial charge in [0.05, 0.1) is 9.82 Å². The fourth-order valence-electron chi connectivity index (χ4n) is 2.35. The van der Waals surface area contributed by atoms with Crippen molar-refractivity contribution >= 4 is 27.3 Å². The van der Waals surface area contributed by atoms with Crippen molar-refractivity contribution < 1.29 is 13.3 Å². The van der Waals surface area contributed by atoms with E-state index in [2.05, 4.69) is 11.6 Å². The summed E-state index contributed by atoms with van der Waals surface area (Å²) in [7, 11) is -3.76. The molecule has 21 heavy (non-hydrogen) atoms. The molecule has 1 saturated carbocycles. The zero-order valence-electron chi connectivity index (χ0n) is 11.6. The molecule has 0 spiro atoms. The van der Waals surface area contributed by atoms with Crippen LogP contribution in [0.25, 0.3) is 0 Å². The summed E-state index contributed by atoms with van der Waals surface area (Å²) < 4.78 is 27.0. The van der Waals surface area contributed by atoms with Crippen LogP contribution in [0, 0.1) is 15.5 Å². The molecule has 0 heterocycles. The van der Waals surface area contributed by atoms with Gasteiger partial charge in [-0.15, -0.1) is 0 Å². The predicted molar refractivity (Wildman–Crippen MR) is 79.9 cm³/mol. The fourth-order valence-corrected chi connectivity index (χ4v) is 3.72. The molecular formula is C13H17ClN2O4S. The molecule has 0 radical (unpaired) electrons. The summed E-state index contributed by atoms with van der Waals surface area (Å²) in [5, 5.41) is 10.7. The lowest BCUT2D eigenvalue weighted by atomic mass is 10.0. The van der Waals surface area contributed by atoms with Gasteiger partial charge in [0, 0.05) is 12.6 Å². The van der Waals surface area contributed by atoms with Crippen LogP contribution in [0.2, 0.25) is 5.02 Å². The second-order valence-electron chi connectivity index (χ2n) is 5.44. The Morgan fingerprint density at radius 3 is 2.62 bits per heavy atom. The lowest BCUT2D eigenvalue weighted by Gasteiger charge is -2.15. The van der Waals surface area contributed by atoms with Crippen molar-refractivity contribution in [2.45, 2.75) is 37.5 Å². The van der Waals surface area contributed by atoms with Crippen molar-refractivity contribution in [3.63, 3.8) is 0 Å². The van der Waals surface area contributed by atoms with Crippen LogP contribution in [0.3, 0.4) is 0 Å². The first-order valence-corrected chi connectivity index (χ1v) is 8.59. The van der Waals surface area contributed by atoms with Gasteiger partial charge in [-0.1, -0.05) is 24.9 Å². The van der Waals surface area contributed by atoms with Crippen molar-refractivity contribution in [1.29, 1.82) is 0 Å². The highest BCUT2D eigenvalue weighted by Gasteiger charge is 2.42. The van der Waals surface area contributed by atoms with Gasteiger partial charge in [0.1, 0.15) is 5.02 Å².